The van der Waals surface area contributed by atoms with Gasteiger partial charge in [0, 0.05) is 22.4 Å². The highest BCUT2D eigenvalue weighted by Crippen LogP contribution is 2.31. The standard InChI is InChI=1S/C23H24FN5S2/c1-15-5-7-17(8-6-15)22-25-19(13-30-22)14-31-23-27-26-21(16(2)28(3)4)29(23)20-11-9-18(24)10-12-20/h5-13,16H,14H2,1-4H3. The quantitative estimate of drug-likeness (QED) is 0.333. The van der Waals surface area contributed by atoms with Crippen molar-refractivity contribution in [2.24, 2.45) is 0 Å². The normalized spacial score (nSPS) is 12.5. The van der Waals surface area contributed by atoms with E-state index in [2.05, 4.69) is 58.6 Å². The van der Waals surface area contributed by atoms with Crippen LogP contribution in [-0.2, 0) is 5.75 Å². The molecule has 0 aliphatic rings. The lowest BCUT2D eigenvalue weighted by Gasteiger charge is -2.20. The van der Waals surface area contributed by atoms with Gasteiger partial charge in [-0.3, -0.25) is 9.47 Å². The summed E-state index contributed by atoms with van der Waals surface area (Å²) in [5.41, 5.74) is 4.21. The zero-order valence-corrected chi connectivity index (χ0v) is 19.5. The lowest BCUT2D eigenvalue weighted by molar-refractivity contribution is 0.305. The van der Waals surface area contributed by atoms with Crippen molar-refractivity contribution in [1.82, 2.24) is 24.6 Å². The first-order valence-corrected chi connectivity index (χ1v) is 11.8. The van der Waals surface area contributed by atoms with E-state index < -0.39 is 0 Å². The molecule has 4 rings (SSSR count). The molecule has 0 N–H and O–H groups in total. The summed E-state index contributed by atoms with van der Waals surface area (Å²) in [5.74, 6) is 1.23. The van der Waals surface area contributed by atoms with Crippen LogP contribution in [0.4, 0.5) is 4.39 Å². The number of thioether (sulfide) groups is 1. The average molecular weight is 454 g/mol. The molecule has 0 amide bonds. The van der Waals surface area contributed by atoms with Crippen molar-refractivity contribution in [3.8, 4) is 16.3 Å². The Kier molecular flexibility index (Phi) is 6.50. The van der Waals surface area contributed by atoms with Gasteiger partial charge in [0.25, 0.3) is 0 Å². The molecule has 1 atom stereocenters. The summed E-state index contributed by atoms with van der Waals surface area (Å²) in [6.07, 6.45) is 0. The van der Waals surface area contributed by atoms with Crippen LogP contribution in [0.15, 0.2) is 59.1 Å². The molecule has 0 saturated carbocycles. The van der Waals surface area contributed by atoms with Crippen LogP contribution in [0.25, 0.3) is 16.3 Å². The zero-order chi connectivity index (χ0) is 22.0. The third kappa shape index (κ3) is 4.87. The minimum Gasteiger partial charge on any atom is -0.300 e. The molecular formula is C23H24FN5S2. The molecule has 31 heavy (non-hydrogen) atoms. The SMILES string of the molecule is Cc1ccc(-c2nc(CSc3nnc(C(C)N(C)C)n3-c3ccc(F)cc3)cs2)cc1. The van der Waals surface area contributed by atoms with Crippen LogP contribution >= 0.6 is 23.1 Å². The first-order valence-electron chi connectivity index (χ1n) is 9.94. The van der Waals surface area contributed by atoms with Gasteiger partial charge >= 0.3 is 0 Å². The molecule has 0 spiro atoms. The number of nitrogens with zero attached hydrogens (tertiary/aromatic N) is 5. The number of thiazole rings is 1. The fourth-order valence-electron chi connectivity index (χ4n) is 3.05. The Labute approximate surface area is 190 Å². The Morgan fingerprint density at radius 2 is 1.77 bits per heavy atom. The van der Waals surface area contributed by atoms with Gasteiger partial charge < -0.3 is 0 Å². The van der Waals surface area contributed by atoms with E-state index in [4.69, 9.17) is 4.98 Å². The molecule has 0 aliphatic carbocycles. The summed E-state index contributed by atoms with van der Waals surface area (Å²) in [6.45, 7) is 4.16. The van der Waals surface area contributed by atoms with Crippen molar-refractivity contribution >= 4 is 23.1 Å². The maximum absolute atomic E-state index is 13.5. The minimum atomic E-state index is -0.264. The molecule has 1 unspecified atom stereocenters. The van der Waals surface area contributed by atoms with E-state index in [0.717, 1.165) is 32.9 Å². The van der Waals surface area contributed by atoms with Crippen LogP contribution in [0.1, 0.15) is 30.0 Å². The average Bonchev–Trinajstić information content (AvgIpc) is 3.40. The van der Waals surface area contributed by atoms with E-state index in [1.54, 1.807) is 35.2 Å². The molecule has 0 fully saturated rings. The number of hydrogen-bond donors (Lipinski definition) is 0. The minimum absolute atomic E-state index is 0.0549. The van der Waals surface area contributed by atoms with Gasteiger partial charge in [-0.2, -0.15) is 0 Å². The Bertz CT molecular complexity index is 1150. The molecule has 2 aromatic carbocycles. The van der Waals surface area contributed by atoms with E-state index in [0.29, 0.717) is 5.75 Å². The van der Waals surface area contributed by atoms with E-state index in [9.17, 15) is 4.39 Å². The maximum atomic E-state index is 13.5. The van der Waals surface area contributed by atoms with E-state index in [1.807, 2.05) is 18.7 Å². The lowest BCUT2D eigenvalue weighted by atomic mass is 10.2. The topological polar surface area (TPSA) is 46.8 Å². The number of benzene rings is 2. The molecule has 4 aromatic rings. The van der Waals surface area contributed by atoms with Gasteiger partial charge in [-0.25, -0.2) is 9.37 Å². The first kappa shape index (κ1) is 21.7. The highest BCUT2D eigenvalue weighted by molar-refractivity contribution is 7.98. The van der Waals surface area contributed by atoms with Gasteiger partial charge in [-0.15, -0.1) is 21.5 Å². The lowest BCUT2D eigenvalue weighted by Crippen LogP contribution is -2.20. The third-order valence-electron chi connectivity index (χ3n) is 5.09. The molecule has 5 nitrogen and oxygen atoms in total. The molecule has 0 bridgehead atoms. The molecule has 2 heterocycles. The number of aromatic nitrogens is 4. The molecule has 0 saturated heterocycles. The summed E-state index contributed by atoms with van der Waals surface area (Å²) in [7, 11) is 4.01. The molecule has 2 aromatic heterocycles. The van der Waals surface area contributed by atoms with Crippen LogP contribution in [-0.4, -0.2) is 38.7 Å². The second-order valence-corrected chi connectivity index (χ2v) is 9.39. The Balaban J connectivity index is 1.59. The van der Waals surface area contributed by atoms with Gasteiger partial charge in [0.15, 0.2) is 11.0 Å². The molecule has 160 valence electrons. The van der Waals surface area contributed by atoms with E-state index in [1.165, 1.54) is 17.7 Å². The highest BCUT2D eigenvalue weighted by Gasteiger charge is 2.21. The van der Waals surface area contributed by atoms with Crippen LogP contribution < -0.4 is 0 Å². The predicted molar refractivity (Wildman–Crippen MR) is 125 cm³/mol. The second kappa shape index (κ2) is 9.30. The highest BCUT2D eigenvalue weighted by atomic mass is 32.2. The van der Waals surface area contributed by atoms with Gasteiger partial charge in [0.2, 0.25) is 0 Å². The Morgan fingerprint density at radius 3 is 2.45 bits per heavy atom. The Hall–Kier alpha value is -2.55. The van der Waals surface area contributed by atoms with Gasteiger partial charge in [0.05, 0.1) is 11.7 Å². The van der Waals surface area contributed by atoms with Crippen molar-refractivity contribution < 1.29 is 4.39 Å². The number of aryl methyl sites for hydroxylation is 1. The zero-order valence-electron chi connectivity index (χ0n) is 17.9. The third-order valence-corrected chi connectivity index (χ3v) is 6.99. The van der Waals surface area contributed by atoms with Crippen molar-refractivity contribution in [3.05, 3.63) is 76.8 Å². The fraction of sp³-hybridized carbons (Fsp3) is 0.261. The smallest absolute Gasteiger partial charge is 0.196 e. The molecule has 0 aliphatic heterocycles. The van der Waals surface area contributed by atoms with Crippen LogP contribution in [0.5, 0.6) is 0 Å². The van der Waals surface area contributed by atoms with Crippen LogP contribution in [0, 0.1) is 12.7 Å². The summed E-state index contributed by atoms with van der Waals surface area (Å²) < 4.78 is 15.5. The summed E-state index contributed by atoms with van der Waals surface area (Å²) in [5, 5.41) is 12.8. The van der Waals surface area contributed by atoms with Gasteiger partial charge in [-0.05, 0) is 52.2 Å². The van der Waals surface area contributed by atoms with Crippen molar-refractivity contribution in [1.29, 1.82) is 0 Å². The van der Waals surface area contributed by atoms with Gasteiger partial charge in [-0.1, -0.05) is 41.6 Å². The van der Waals surface area contributed by atoms with Crippen molar-refractivity contribution in [2.45, 2.75) is 30.8 Å². The van der Waals surface area contributed by atoms with E-state index in [-0.39, 0.29) is 11.9 Å². The molecule has 0 radical (unpaired) electrons. The second-order valence-electron chi connectivity index (χ2n) is 7.59. The predicted octanol–water partition coefficient (Wildman–Crippen LogP) is 5.75. The molecule has 8 heteroatoms. The maximum Gasteiger partial charge on any atom is 0.196 e. The van der Waals surface area contributed by atoms with Crippen LogP contribution in [0.2, 0.25) is 0 Å². The number of halogens is 1. The van der Waals surface area contributed by atoms with Gasteiger partial charge in [0.1, 0.15) is 10.8 Å². The number of rotatable bonds is 7. The summed E-state index contributed by atoms with van der Waals surface area (Å²) >= 11 is 3.23. The van der Waals surface area contributed by atoms with E-state index >= 15 is 0 Å². The summed E-state index contributed by atoms with van der Waals surface area (Å²) in [6, 6.07) is 14.9. The first-order chi connectivity index (χ1) is 14.9. The fourth-order valence-corrected chi connectivity index (χ4v) is 4.83. The van der Waals surface area contributed by atoms with Crippen LogP contribution in [0.3, 0.4) is 0 Å². The largest absolute Gasteiger partial charge is 0.300 e. The van der Waals surface area contributed by atoms with Crippen molar-refractivity contribution in [3.63, 3.8) is 0 Å². The number of hydrogen-bond acceptors (Lipinski definition) is 6. The Morgan fingerprint density at radius 1 is 1.06 bits per heavy atom. The monoisotopic (exact) mass is 453 g/mol. The summed E-state index contributed by atoms with van der Waals surface area (Å²) in [4.78, 5) is 6.87. The van der Waals surface area contributed by atoms with Crippen molar-refractivity contribution in [2.75, 3.05) is 14.1 Å². The molecular weight excluding hydrogens is 429 g/mol.